The molecule has 196 valence electrons. The van der Waals surface area contributed by atoms with Gasteiger partial charge in [-0.25, -0.2) is 0 Å². The van der Waals surface area contributed by atoms with Crippen molar-refractivity contribution in [2.24, 2.45) is 0 Å². The van der Waals surface area contributed by atoms with Gasteiger partial charge in [0, 0.05) is 18.5 Å². The molecule has 0 amide bonds. The van der Waals surface area contributed by atoms with Crippen molar-refractivity contribution in [3.05, 3.63) is 148 Å². The van der Waals surface area contributed by atoms with E-state index in [9.17, 15) is 4.79 Å². The zero-order valence-electron chi connectivity index (χ0n) is 22.5. The predicted molar refractivity (Wildman–Crippen MR) is 158 cm³/mol. The molecular formula is C34H33N3O2. The van der Waals surface area contributed by atoms with Gasteiger partial charge in [-0.3, -0.25) is 9.36 Å². The molecule has 5 heteroatoms. The van der Waals surface area contributed by atoms with Crippen molar-refractivity contribution >= 4 is 11.8 Å². The van der Waals surface area contributed by atoms with Crippen molar-refractivity contribution in [2.45, 2.75) is 38.5 Å². The van der Waals surface area contributed by atoms with Crippen molar-refractivity contribution in [2.75, 3.05) is 6.54 Å². The fourth-order valence-corrected chi connectivity index (χ4v) is 5.46. The first-order valence-corrected chi connectivity index (χ1v) is 13.3. The summed E-state index contributed by atoms with van der Waals surface area (Å²) in [7, 11) is 0. The van der Waals surface area contributed by atoms with Crippen LogP contribution < -0.4 is 10.3 Å². The largest absolute Gasteiger partial charge is 0.460 e. The van der Waals surface area contributed by atoms with Crippen LogP contribution >= 0.6 is 0 Å². The summed E-state index contributed by atoms with van der Waals surface area (Å²) in [5.74, 6) is -0.0418. The van der Waals surface area contributed by atoms with Gasteiger partial charge in [-0.2, -0.15) is 4.98 Å². The number of hydrogen-bond donors (Lipinski definition) is 0. The quantitative estimate of drug-likeness (QED) is 0.245. The highest BCUT2D eigenvalue weighted by molar-refractivity contribution is 5.71. The van der Waals surface area contributed by atoms with Gasteiger partial charge in [0.1, 0.15) is 12.3 Å². The Morgan fingerprint density at radius 2 is 1.54 bits per heavy atom. The molecule has 1 aromatic heterocycles. The summed E-state index contributed by atoms with van der Waals surface area (Å²) in [5.41, 5.74) is 7.94. The lowest BCUT2D eigenvalue weighted by molar-refractivity contribution is 0.197. The Bertz CT molecular complexity index is 1510. The Morgan fingerprint density at radius 3 is 2.05 bits per heavy atom. The molecule has 3 aromatic carbocycles. The van der Waals surface area contributed by atoms with Gasteiger partial charge in [0.15, 0.2) is 0 Å². The Morgan fingerprint density at radius 1 is 0.974 bits per heavy atom. The highest BCUT2D eigenvalue weighted by Crippen LogP contribution is 2.44. The number of hydrogen-bond acceptors (Lipinski definition) is 4. The molecule has 0 unspecified atom stereocenters. The molecule has 0 spiro atoms. The topological polar surface area (TPSA) is 47.4 Å². The van der Waals surface area contributed by atoms with E-state index in [1.807, 2.05) is 42.5 Å². The molecule has 0 bridgehead atoms. The first-order chi connectivity index (χ1) is 19.0. The number of ether oxygens (including phenoxy) is 1. The van der Waals surface area contributed by atoms with Crippen LogP contribution in [0, 0.1) is 0 Å². The van der Waals surface area contributed by atoms with E-state index in [2.05, 4.69) is 95.7 Å². The van der Waals surface area contributed by atoms with Crippen LogP contribution in [-0.4, -0.2) is 27.0 Å². The maximum Gasteiger partial charge on any atom is 0.300 e. The van der Waals surface area contributed by atoms with Crippen LogP contribution in [0.3, 0.4) is 0 Å². The molecule has 0 saturated carbocycles. The van der Waals surface area contributed by atoms with Gasteiger partial charge in [-0.05, 0) is 30.5 Å². The van der Waals surface area contributed by atoms with E-state index in [0.717, 1.165) is 11.3 Å². The van der Waals surface area contributed by atoms with Gasteiger partial charge in [0.2, 0.25) is 0 Å². The van der Waals surface area contributed by atoms with E-state index >= 15 is 0 Å². The van der Waals surface area contributed by atoms with Crippen LogP contribution in [0.15, 0.2) is 115 Å². The summed E-state index contributed by atoms with van der Waals surface area (Å²) in [6.45, 7) is 13.2. The van der Waals surface area contributed by atoms with E-state index in [1.165, 1.54) is 11.1 Å². The van der Waals surface area contributed by atoms with Gasteiger partial charge in [-0.15, -0.1) is 5.73 Å². The lowest BCUT2D eigenvalue weighted by Crippen LogP contribution is -2.44. The van der Waals surface area contributed by atoms with Gasteiger partial charge in [0.25, 0.3) is 5.56 Å². The summed E-state index contributed by atoms with van der Waals surface area (Å²) in [6.07, 6.45) is 1.58. The fourth-order valence-electron chi connectivity index (χ4n) is 5.46. The average Bonchev–Trinajstić information content (AvgIpc) is 2.97. The smallest absolute Gasteiger partial charge is 0.300 e. The van der Waals surface area contributed by atoms with Crippen molar-refractivity contribution in [1.82, 2.24) is 14.5 Å². The number of benzene rings is 3. The summed E-state index contributed by atoms with van der Waals surface area (Å²) < 4.78 is 8.43. The molecule has 1 atom stereocenters. The van der Waals surface area contributed by atoms with Crippen LogP contribution in [-0.2, 0) is 6.61 Å². The lowest BCUT2D eigenvalue weighted by atomic mass is 9.83. The third-order valence-corrected chi connectivity index (χ3v) is 7.26. The number of fused-ring (bicyclic) bond motifs is 1. The van der Waals surface area contributed by atoms with Gasteiger partial charge in [0.05, 0.1) is 17.3 Å². The first-order valence-electron chi connectivity index (χ1n) is 13.3. The van der Waals surface area contributed by atoms with Crippen molar-refractivity contribution < 1.29 is 4.74 Å². The van der Waals surface area contributed by atoms with Crippen molar-refractivity contribution in [3.63, 3.8) is 0 Å². The predicted octanol–water partition coefficient (Wildman–Crippen LogP) is 6.69. The van der Waals surface area contributed by atoms with Crippen LogP contribution in [0.1, 0.15) is 53.8 Å². The highest BCUT2D eigenvalue weighted by atomic mass is 16.5. The third kappa shape index (κ3) is 5.09. The molecule has 39 heavy (non-hydrogen) atoms. The molecule has 1 aliphatic heterocycles. The minimum Gasteiger partial charge on any atom is -0.460 e. The Kier molecular flexibility index (Phi) is 7.62. The molecule has 2 heterocycles. The van der Waals surface area contributed by atoms with E-state index in [0.29, 0.717) is 17.8 Å². The fraction of sp³-hybridized carbons (Fsp3) is 0.206. The monoisotopic (exact) mass is 515 g/mol. The second-order valence-corrected chi connectivity index (χ2v) is 9.95. The average molecular weight is 516 g/mol. The van der Waals surface area contributed by atoms with E-state index < -0.39 is 0 Å². The van der Waals surface area contributed by atoms with Crippen LogP contribution in [0.5, 0.6) is 6.01 Å². The standard InChI is InChI=1S/C34H33N3O2/c1-5-28-32-29(6-2)36(24(3)4)22-30(31(26-18-12-8-13-19-26)27-20-14-9-15-21-27)37(32)34(35-33(28)38)39-23-25-16-10-7-11-17-25/h5,7-21,24,30-31H,1-2,22-23H2,3-4H3/t30-/m1/s1. The first kappa shape index (κ1) is 26.0. The Hall–Kier alpha value is -4.60. The molecule has 0 aliphatic carbocycles. The lowest BCUT2D eigenvalue weighted by Gasteiger charge is -2.44. The van der Waals surface area contributed by atoms with Crippen LogP contribution in [0.25, 0.3) is 11.8 Å². The molecule has 4 aromatic rings. The molecule has 0 N–H and O–H groups in total. The van der Waals surface area contributed by atoms with Crippen molar-refractivity contribution in [3.8, 4) is 6.01 Å². The maximum atomic E-state index is 13.4. The molecule has 0 radical (unpaired) electrons. The third-order valence-electron chi connectivity index (χ3n) is 7.26. The molecule has 1 aliphatic rings. The Labute approximate surface area is 230 Å². The molecule has 5 nitrogen and oxygen atoms in total. The van der Waals surface area contributed by atoms with Gasteiger partial charge < -0.3 is 9.64 Å². The minimum absolute atomic E-state index is 0.0418. The molecule has 0 fully saturated rings. The van der Waals surface area contributed by atoms with E-state index in [4.69, 9.17) is 4.74 Å². The summed E-state index contributed by atoms with van der Waals surface area (Å²) in [5, 5.41) is 0. The maximum absolute atomic E-state index is 13.4. The number of rotatable bonds is 8. The summed E-state index contributed by atoms with van der Waals surface area (Å²) in [4.78, 5) is 20.1. The SMILES string of the molecule is C=C=C1c2c(C=C)c(=O)nc(OCc3ccccc3)n2[C@@H](C(c2ccccc2)c2ccccc2)CN1C(C)C. The minimum atomic E-state index is -0.382. The second-order valence-electron chi connectivity index (χ2n) is 9.95. The zero-order valence-corrected chi connectivity index (χ0v) is 22.5. The molecular weight excluding hydrogens is 482 g/mol. The second kappa shape index (κ2) is 11.4. The summed E-state index contributed by atoms with van der Waals surface area (Å²) >= 11 is 0. The van der Waals surface area contributed by atoms with E-state index in [-0.39, 0.29) is 36.2 Å². The van der Waals surface area contributed by atoms with E-state index in [1.54, 1.807) is 6.08 Å². The van der Waals surface area contributed by atoms with Gasteiger partial charge in [-0.1, -0.05) is 110 Å². The normalized spacial score (nSPS) is 14.7. The highest BCUT2D eigenvalue weighted by Gasteiger charge is 2.39. The summed E-state index contributed by atoms with van der Waals surface area (Å²) in [6, 6.07) is 31.1. The number of nitrogens with zero attached hydrogens (tertiary/aromatic N) is 3. The molecule has 5 rings (SSSR count). The number of aromatic nitrogens is 2. The van der Waals surface area contributed by atoms with Crippen LogP contribution in [0.2, 0.25) is 0 Å². The van der Waals surface area contributed by atoms with Crippen LogP contribution in [0.4, 0.5) is 0 Å². The zero-order chi connectivity index (χ0) is 27.4. The molecule has 0 saturated heterocycles. The van der Waals surface area contributed by atoms with Crippen molar-refractivity contribution in [1.29, 1.82) is 0 Å². The van der Waals surface area contributed by atoms with Gasteiger partial charge >= 0.3 is 6.01 Å². The Balaban J connectivity index is 1.79.